The minimum absolute atomic E-state index is 0.0786. The zero-order valence-electron chi connectivity index (χ0n) is 21.7. The summed E-state index contributed by atoms with van der Waals surface area (Å²) < 4.78 is 10.4. The quantitative estimate of drug-likeness (QED) is 0.549. The molecule has 194 valence electrons. The molecule has 9 nitrogen and oxygen atoms in total. The van der Waals surface area contributed by atoms with Crippen molar-refractivity contribution >= 4 is 34.6 Å². The van der Waals surface area contributed by atoms with Crippen LogP contribution < -0.4 is 4.90 Å². The average Bonchev–Trinajstić information content (AvgIpc) is 3.42. The van der Waals surface area contributed by atoms with E-state index in [1.807, 2.05) is 69.2 Å². The van der Waals surface area contributed by atoms with Crippen molar-refractivity contribution in [2.75, 3.05) is 38.2 Å². The number of hydrogen-bond acceptors (Lipinski definition) is 7. The first kappa shape index (κ1) is 25.9. The number of hydrogen-bond donors (Lipinski definition) is 0. The van der Waals surface area contributed by atoms with E-state index in [-0.39, 0.29) is 24.1 Å². The second kappa shape index (κ2) is 9.72. The number of aromatic nitrogens is 1. The van der Waals surface area contributed by atoms with E-state index in [1.54, 1.807) is 9.80 Å². The van der Waals surface area contributed by atoms with E-state index in [2.05, 4.69) is 0 Å². The van der Waals surface area contributed by atoms with Crippen molar-refractivity contribution in [3.05, 3.63) is 35.2 Å². The maximum absolute atomic E-state index is 13.1. The van der Waals surface area contributed by atoms with Gasteiger partial charge in [0, 0.05) is 30.6 Å². The van der Waals surface area contributed by atoms with Gasteiger partial charge in [-0.3, -0.25) is 9.69 Å². The third-order valence-electron chi connectivity index (χ3n) is 6.36. The number of carbonyl (C=O) groups excluding carboxylic acids is 3. The lowest BCUT2D eigenvalue weighted by Gasteiger charge is -2.36. The number of amides is 3. The summed E-state index contributed by atoms with van der Waals surface area (Å²) in [6.45, 7) is 11.1. The highest BCUT2D eigenvalue weighted by molar-refractivity contribution is 7.14. The molecule has 1 unspecified atom stereocenters. The van der Waals surface area contributed by atoms with Gasteiger partial charge in [-0.25, -0.2) is 14.6 Å². The standard InChI is InChI=1S/C26H34N4O5S/c1-25(2,3)35-24(33)28-11-12-29-19(14-28)15-30(23(29)32)22-27-20(16-36-22)18-9-7-17(8-10-18)13-26(4,5)21(31)34-6/h7-10,16,19H,11-15H2,1-6H3. The first-order valence-electron chi connectivity index (χ1n) is 12.1. The lowest BCUT2D eigenvalue weighted by molar-refractivity contribution is -0.150. The number of fused-ring (bicyclic) bond motifs is 1. The zero-order chi connectivity index (χ0) is 26.3. The Balaban J connectivity index is 1.42. The van der Waals surface area contributed by atoms with Crippen molar-refractivity contribution in [2.45, 2.75) is 52.7 Å². The topological polar surface area (TPSA) is 92.3 Å². The maximum Gasteiger partial charge on any atom is 0.410 e. The number of thiazole rings is 1. The highest BCUT2D eigenvalue weighted by Gasteiger charge is 2.43. The van der Waals surface area contributed by atoms with Gasteiger partial charge in [0.1, 0.15) is 5.60 Å². The second-order valence-electron chi connectivity index (χ2n) is 10.9. The SMILES string of the molecule is COC(=O)C(C)(C)Cc1ccc(-c2csc(N3CC4CN(C(=O)OC(C)(C)C)CCN4C3=O)n2)cc1. The molecule has 1 aromatic heterocycles. The molecule has 2 aromatic rings. The van der Waals surface area contributed by atoms with E-state index in [0.717, 1.165) is 16.8 Å². The van der Waals surface area contributed by atoms with E-state index < -0.39 is 11.0 Å². The van der Waals surface area contributed by atoms with Crippen LogP contribution in [0.4, 0.5) is 14.7 Å². The fourth-order valence-corrected chi connectivity index (χ4v) is 5.37. The predicted octanol–water partition coefficient (Wildman–Crippen LogP) is 4.41. The summed E-state index contributed by atoms with van der Waals surface area (Å²) in [7, 11) is 1.40. The lowest BCUT2D eigenvalue weighted by Crippen LogP contribution is -2.54. The van der Waals surface area contributed by atoms with Gasteiger partial charge in [0.2, 0.25) is 0 Å². The Kier molecular flexibility index (Phi) is 7.01. The smallest absolute Gasteiger partial charge is 0.410 e. The summed E-state index contributed by atoms with van der Waals surface area (Å²) in [6.07, 6.45) is 0.227. The van der Waals surface area contributed by atoms with Crippen LogP contribution in [-0.4, -0.2) is 77.8 Å². The molecule has 2 fully saturated rings. The number of carbonyl (C=O) groups is 3. The van der Waals surface area contributed by atoms with Crippen molar-refractivity contribution in [2.24, 2.45) is 5.41 Å². The molecule has 3 amide bonds. The van der Waals surface area contributed by atoms with E-state index in [9.17, 15) is 14.4 Å². The molecule has 3 heterocycles. The molecule has 0 spiro atoms. The van der Waals surface area contributed by atoms with Crippen molar-refractivity contribution in [3.63, 3.8) is 0 Å². The first-order chi connectivity index (χ1) is 16.9. The van der Waals surface area contributed by atoms with Gasteiger partial charge in [0.05, 0.1) is 30.8 Å². The van der Waals surface area contributed by atoms with Gasteiger partial charge in [-0.15, -0.1) is 11.3 Å². The molecule has 2 saturated heterocycles. The summed E-state index contributed by atoms with van der Waals surface area (Å²) in [5.41, 5.74) is 1.61. The van der Waals surface area contributed by atoms with Crippen LogP contribution in [0.5, 0.6) is 0 Å². The van der Waals surface area contributed by atoms with E-state index in [0.29, 0.717) is 37.7 Å². The maximum atomic E-state index is 13.1. The van der Waals surface area contributed by atoms with Crippen LogP contribution in [-0.2, 0) is 20.7 Å². The minimum Gasteiger partial charge on any atom is -0.469 e. The van der Waals surface area contributed by atoms with Crippen LogP contribution >= 0.6 is 11.3 Å². The van der Waals surface area contributed by atoms with E-state index in [1.165, 1.54) is 18.4 Å². The summed E-state index contributed by atoms with van der Waals surface area (Å²) >= 11 is 1.43. The van der Waals surface area contributed by atoms with Gasteiger partial charge in [-0.2, -0.15) is 0 Å². The summed E-state index contributed by atoms with van der Waals surface area (Å²) in [5.74, 6) is -0.239. The molecule has 0 N–H and O–H groups in total. The van der Waals surface area contributed by atoms with Crippen molar-refractivity contribution in [1.29, 1.82) is 0 Å². The van der Waals surface area contributed by atoms with Crippen LogP contribution in [0, 0.1) is 5.41 Å². The molecule has 0 saturated carbocycles. The van der Waals surface area contributed by atoms with Crippen LogP contribution in [0.25, 0.3) is 11.3 Å². The predicted molar refractivity (Wildman–Crippen MR) is 138 cm³/mol. The molecule has 0 aliphatic carbocycles. The summed E-state index contributed by atoms with van der Waals surface area (Å²) in [5, 5.41) is 2.59. The van der Waals surface area contributed by atoms with Crippen LogP contribution in [0.2, 0.25) is 0 Å². The van der Waals surface area contributed by atoms with Gasteiger partial charge < -0.3 is 19.3 Å². The van der Waals surface area contributed by atoms with Gasteiger partial charge in [0.15, 0.2) is 5.13 Å². The Hall–Kier alpha value is -3.14. The van der Waals surface area contributed by atoms with Gasteiger partial charge >= 0.3 is 18.1 Å². The number of piperazine rings is 1. The molecular formula is C26H34N4O5S. The number of methoxy groups -OCH3 is 1. The minimum atomic E-state index is -0.606. The highest BCUT2D eigenvalue weighted by Crippen LogP contribution is 2.33. The Morgan fingerprint density at radius 2 is 1.78 bits per heavy atom. The number of esters is 1. The lowest BCUT2D eigenvalue weighted by atomic mass is 9.85. The molecule has 0 radical (unpaired) electrons. The number of benzene rings is 1. The largest absolute Gasteiger partial charge is 0.469 e. The van der Waals surface area contributed by atoms with Gasteiger partial charge in [-0.1, -0.05) is 24.3 Å². The van der Waals surface area contributed by atoms with Gasteiger partial charge in [0.25, 0.3) is 0 Å². The normalized spacial score (nSPS) is 18.3. The fraction of sp³-hybridized carbons (Fsp3) is 0.538. The average molecular weight is 515 g/mol. The van der Waals surface area contributed by atoms with E-state index in [4.69, 9.17) is 14.5 Å². The molecule has 2 aliphatic rings. The number of rotatable bonds is 5. The first-order valence-corrected chi connectivity index (χ1v) is 13.0. The Labute approximate surface area is 216 Å². The number of nitrogens with zero attached hydrogens (tertiary/aromatic N) is 4. The molecule has 1 aromatic carbocycles. The van der Waals surface area contributed by atoms with Crippen molar-refractivity contribution in [1.82, 2.24) is 14.8 Å². The van der Waals surface area contributed by atoms with Crippen LogP contribution in [0.3, 0.4) is 0 Å². The molecular weight excluding hydrogens is 480 g/mol. The van der Waals surface area contributed by atoms with Crippen molar-refractivity contribution in [3.8, 4) is 11.3 Å². The number of urea groups is 1. The number of ether oxygens (including phenoxy) is 2. The Bertz CT molecular complexity index is 1140. The summed E-state index contributed by atoms with van der Waals surface area (Å²) in [4.78, 5) is 47.5. The molecule has 10 heteroatoms. The summed E-state index contributed by atoms with van der Waals surface area (Å²) in [6, 6.07) is 7.77. The van der Waals surface area contributed by atoms with Crippen LogP contribution in [0.15, 0.2) is 29.6 Å². The van der Waals surface area contributed by atoms with Gasteiger partial charge in [-0.05, 0) is 46.6 Å². The second-order valence-corrected chi connectivity index (χ2v) is 11.8. The zero-order valence-corrected chi connectivity index (χ0v) is 22.6. The molecule has 2 aliphatic heterocycles. The Morgan fingerprint density at radius 3 is 2.42 bits per heavy atom. The molecule has 4 rings (SSSR count). The van der Waals surface area contributed by atoms with E-state index >= 15 is 0 Å². The molecule has 36 heavy (non-hydrogen) atoms. The third kappa shape index (κ3) is 5.48. The Morgan fingerprint density at radius 1 is 1.08 bits per heavy atom. The fourth-order valence-electron chi connectivity index (χ4n) is 4.53. The monoisotopic (exact) mass is 514 g/mol. The van der Waals surface area contributed by atoms with Crippen molar-refractivity contribution < 1.29 is 23.9 Å². The molecule has 1 atom stereocenters. The number of anilines is 1. The highest BCUT2D eigenvalue weighted by atomic mass is 32.1. The third-order valence-corrected chi connectivity index (χ3v) is 7.22. The molecule has 0 bridgehead atoms. The van der Waals surface area contributed by atoms with Crippen LogP contribution in [0.1, 0.15) is 40.2 Å².